The van der Waals surface area contributed by atoms with Crippen molar-refractivity contribution in [1.29, 1.82) is 0 Å². The lowest BCUT2D eigenvalue weighted by atomic mass is 9.88. The summed E-state index contributed by atoms with van der Waals surface area (Å²) >= 11 is 0. The Bertz CT molecular complexity index is 1140. The summed E-state index contributed by atoms with van der Waals surface area (Å²) in [4.78, 5) is 39.8. The average Bonchev–Trinajstić information content (AvgIpc) is 3.43. The number of imide groups is 1. The van der Waals surface area contributed by atoms with Crippen molar-refractivity contribution in [1.82, 2.24) is 25.5 Å². The van der Waals surface area contributed by atoms with Gasteiger partial charge in [-0.05, 0) is 42.2 Å². The van der Waals surface area contributed by atoms with Gasteiger partial charge in [-0.2, -0.15) is 0 Å². The molecule has 9 heteroatoms. The van der Waals surface area contributed by atoms with Gasteiger partial charge in [0, 0.05) is 31.0 Å². The lowest BCUT2D eigenvalue weighted by Crippen LogP contribution is -2.49. The van der Waals surface area contributed by atoms with E-state index in [9.17, 15) is 19.5 Å². The topological polar surface area (TPSA) is 125 Å². The van der Waals surface area contributed by atoms with E-state index in [-0.39, 0.29) is 5.91 Å². The summed E-state index contributed by atoms with van der Waals surface area (Å²) in [6.07, 6.45) is 4.97. The van der Waals surface area contributed by atoms with Gasteiger partial charge < -0.3 is 20.3 Å². The van der Waals surface area contributed by atoms with Crippen LogP contribution in [0.2, 0.25) is 0 Å². The second-order valence-corrected chi connectivity index (χ2v) is 8.12. The second kappa shape index (κ2) is 9.25. The summed E-state index contributed by atoms with van der Waals surface area (Å²) in [7, 11) is 0. The summed E-state index contributed by atoms with van der Waals surface area (Å²) in [5.41, 5.74) is 1.45. The molecular formula is C24H25N5O4. The van der Waals surface area contributed by atoms with Crippen LogP contribution in [0.3, 0.4) is 0 Å². The molecule has 9 nitrogen and oxygen atoms in total. The van der Waals surface area contributed by atoms with Crippen molar-refractivity contribution in [3.63, 3.8) is 0 Å². The molecule has 0 aliphatic carbocycles. The number of amides is 4. The maximum atomic E-state index is 12.4. The van der Waals surface area contributed by atoms with E-state index in [1.165, 1.54) is 6.92 Å². The summed E-state index contributed by atoms with van der Waals surface area (Å²) in [6.45, 7) is 2.84. The fourth-order valence-corrected chi connectivity index (χ4v) is 3.74. The van der Waals surface area contributed by atoms with Crippen molar-refractivity contribution < 1.29 is 19.5 Å². The number of hydrogen-bond acceptors (Lipinski definition) is 5. The quantitative estimate of drug-likeness (QED) is 0.310. The highest BCUT2D eigenvalue weighted by Gasteiger charge is 2.48. The summed E-state index contributed by atoms with van der Waals surface area (Å²) < 4.78 is 1.96. The van der Waals surface area contributed by atoms with Gasteiger partial charge >= 0.3 is 6.03 Å². The van der Waals surface area contributed by atoms with Gasteiger partial charge in [0.25, 0.3) is 11.8 Å². The molecule has 2 heterocycles. The first kappa shape index (κ1) is 22.2. The first-order chi connectivity index (χ1) is 15.9. The number of rotatable bonds is 8. The van der Waals surface area contributed by atoms with E-state index in [0.717, 1.165) is 24.1 Å². The summed E-state index contributed by atoms with van der Waals surface area (Å²) in [6, 6.07) is 13.7. The summed E-state index contributed by atoms with van der Waals surface area (Å²) in [5, 5.41) is 18.2. The van der Waals surface area contributed by atoms with Gasteiger partial charge in [-0.3, -0.25) is 14.9 Å². The molecule has 2 unspecified atom stereocenters. The highest BCUT2D eigenvalue weighted by atomic mass is 16.3. The number of hydrogen-bond donors (Lipinski definition) is 4. The molecule has 4 rings (SSSR count). The molecule has 0 saturated carbocycles. The Kier molecular flexibility index (Phi) is 6.23. The number of aliphatic hydroxyl groups excluding tert-OH is 1. The van der Waals surface area contributed by atoms with Gasteiger partial charge in [-0.25, -0.2) is 9.78 Å². The molecule has 1 saturated heterocycles. The van der Waals surface area contributed by atoms with E-state index in [2.05, 4.69) is 20.9 Å². The predicted octanol–water partition coefficient (Wildman–Crippen LogP) is 2.00. The third kappa shape index (κ3) is 4.78. The van der Waals surface area contributed by atoms with Gasteiger partial charge in [0.15, 0.2) is 0 Å². The van der Waals surface area contributed by atoms with Crippen LogP contribution in [0.4, 0.5) is 4.79 Å². The molecule has 4 amide bonds. The smallest absolute Gasteiger partial charge is 0.322 e. The number of aliphatic hydroxyl groups is 1. The second-order valence-electron chi connectivity index (χ2n) is 8.12. The maximum Gasteiger partial charge on any atom is 0.322 e. The number of aromatic nitrogens is 2. The van der Waals surface area contributed by atoms with Crippen LogP contribution in [-0.2, 0) is 11.3 Å². The van der Waals surface area contributed by atoms with E-state index in [0.29, 0.717) is 17.7 Å². The zero-order chi connectivity index (χ0) is 23.4. The van der Waals surface area contributed by atoms with Crippen LogP contribution in [0.15, 0.2) is 67.3 Å². The zero-order valence-electron chi connectivity index (χ0n) is 18.1. The predicted molar refractivity (Wildman–Crippen MR) is 121 cm³/mol. The van der Waals surface area contributed by atoms with Crippen LogP contribution in [0.1, 0.15) is 35.4 Å². The maximum absolute atomic E-state index is 12.4. The van der Waals surface area contributed by atoms with E-state index in [1.807, 2.05) is 35.0 Å². The number of carbonyl (C=O) groups is 3. The SMILES string of the molecule is CC1(C(O)c2ccc(-c3ccc(C(=O)NCCCn4ccnc4)cc3)cc2)NC(=O)NC1=O. The molecule has 1 aliphatic rings. The third-order valence-corrected chi connectivity index (χ3v) is 5.76. The van der Waals surface area contributed by atoms with Crippen LogP contribution in [-0.4, -0.2) is 44.6 Å². The van der Waals surface area contributed by atoms with E-state index in [4.69, 9.17) is 0 Å². The van der Waals surface area contributed by atoms with Crippen molar-refractivity contribution in [3.05, 3.63) is 78.4 Å². The van der Waals surface area contributed by atoms with E-state index < -0.39 is 23.6 Å². The Labute approximate surface area is 190 Å². The molecule has 1 aromatic heterocycles. The van der Waals surface area contributed by atoms with Gasteiger partial charge in [0.2, 0.25) is 0 Å². The Morgan fingerprint density at radius 3 is 2.36 bits per heavy atom. The average molecular weight is 447 g/mol. The van der Waals surface area contributed by atoms with Gasteiger partial charge in [-0.15, -0.1) is 0 Å². The minimum Gasteiger partial charge on any atom is -0.385 e. The van der Waals surface area contributed by atoms with Crippen LogP contribution in [0, 0.1) is 0 Å². The lowest BCUT2D eigenvalue weighted by Gasteiger charge is -2.27. The number of benzene rings is 2. The molecular weight excluding hydrogens is 422 g/mol. The Hall–Kier alpha value is -3.98. The largest absolute Gasteiger partial charge is 0.385 e. The number of nitrogens with zero attached hydrogens (tertiary/aromatic N) is 2. The Morgan fingerprint density at radius 1 is 1.12 bits per heavy atom. The molecule has 4 N–H and O–H groups in total. The highest BCUT2D eigenvalue weighted by Crippen LogP contribution is 2.30. The molecule has 0 spiro atoms. The van der Waals surface area contributed by atoms with Gasteiger partial charge in [0.1, 0.15) is 11.6 Å². The van der Waals surface area contributed by atoms with Gasteiger partial charge in [0.05, 0.1) is 6.33 Å². The zero-order valence-corrected chi connectivity index (χ0v) is 18.1. The minimum absolute atomic E-state index is 0.129. The molecule has 0 radical (unpaired) electrons. The van der Waals surface area contributed by atoms with E-state index >= 15 is 0 Å². The van der Waals surface area contributed by atoms with Crippen LogP contribution >= 0.6 is 0 Å². The number of aryl methyl sites for hydroxylation is 1. The molecule has 3 aromatic rings. The lowest BCUT2D eigenvalue weighted by molar-refractivity contribution is -0.127. The molecule has 0 bridgehead atoms. The molecule has 33 heavy (non-hydrogen) atoms. The monoisotopic (exact) mass is 447 g/mol. The van der Waals surface area contributed by atoms with Crippen LogP contribution in [0.5, 0.6) is 0 Å². The number of urea groups is 1. The number of nitrogens with one attached hydrogen (secondary N) is 3. The van der Waals surface area contributed by atoms with Crippen molar-refractivity contribution >= 4 is 17.8 Å². The van der Waals surface area contributed by atoms with Crippen molar-refractivity contribution in [2.45, 2.75) is 31.5 Å². The fourth-order valence-electron chi connectivity index (χ4n) is 3.74. The molecule has 170 valence electrons. The number of carbonyl (C=O) groups excluding carboxylic acids is 3. The molecule has 1 fully saturated rings. The summed E-state index contributed by atoms with van der Waals surface area (Å²) in [5.74, 6) is -0.699. The third-order valence-electron chi connectivity index (χ3n) is 5.76. The Morgan fingerprint density at radius 2 is 1.79 bits per heavy atom. The van der Waals surface area contributed by atoms with Crippen molar-refractivity contribution in [2.24, 2.45) is 0 Å². The fraction of sp³-hybridized carbons (Fsp3) is 0.250. The highest BCUT2D eigenvalue weighted by molar-refractivity contribution is 6.07. The van der Waals surface area contributed by atoms with Crippen LogP contribution in [0.25, 0.3) is 11.1 Å². The van der Waals surface area contributed by atoms with Crippen LogP contribution < -0.4 is 16.0 Å². The standard InChI is InChI=1S/C24H25N5O4/c1-24(22(32)27-23(33)28-24)20(30)18-7-3-16(4-8-18)17-5-9-19(10-6-17)21(31)26-11-2-13-29-14-12-25-15-29/h3-10,12,14-15,20,30H,2,11,13H2,1H3,(H,26,31)(H2,27,28,32,33). The van der Waals surface area contributed by atoms with Crippen molar-refractivity contribution in [2.75, 3.05) is 6.54 Å². The number of imidazole rings is 1. The van der Waals surface area contributed by atoms with Gasteiger partial charge in [-0.1, -0.05) is 36.4 Å². The van der Waals surface area contributed by atoms with E-state index in [1.54, 1.807) is 36.8 Å². The normalized spacial score (nSPS) is 18.5. The molecule has 1 aliphatic heterocycles. The minimum atomic E-state index is -1.42. The molecule has 2 atom stereocenters. The Balaban J connectivity index is 1.35. The van der Waals surface area contributed by atoms with Crippen molar-refractivity contribution in [3.8, 4) is 11.1 Å². The molecule has 2 aromatic carbocycles. The first-order valence-corrected chi connectivity index (χ1v) is 10.6. The first-order valence-electron chi connectivity index (χ1n) is 10.6.